The number of ether oxygens (including phenoxy) is 1. The molecule has 4 rings (SSSR count). The number of para-hydroxylation sites is 1. The van der Waals surface area contributed by atoms with Crippen molar-refractivity contribution in [3.8, 4) is 17.6 Å². The fourth-order valence-corrected chi connectivity index (χ4v) is 3.26. The molecule has 0 aliphatic rings. The lowest BCUT2D eigenvalue weighted by atomic mass is 10.1. The molecule has 0 aliphatic carbocycles. The Balaban J connectivity index is 1.47. The van der Waals surface area contributed by atoms with E-state index in [-0.39, 0.29) is 17.9 Å². The maximum atomic E-state index is 12.5. The third kappa shape index (κ3) is 4.58. The molecule has 0 saturated carbocycles. The smallest absolute Gasteiger partial charge is 0.275 e. The van der Waals surface area contributed by atoms with Gasteiger partial charge in [-0.05, 0) is 41.1 Å². The van der Waals surface area contributed by atoms with Crippen LogP contribution in [-0.4, -0.2) is 17.2 Å². The second-order valence-corrected chi connectivity index (χ2v) is 7.01. The van der Waals surface area contributed by atoms with Gasteiger partial charge in [0.05, 0.1) is 23.4 Å². The Morgan fingerprint density at radius 3 is 2.50 bits per heavy atom. The van der Waals surface area contributed by atoms with Gasteiger partial charge in [-0.1, -0.05) is 54.6 Å². The average molecular weight is 421 g/mol. The third-order valence-electron chi connectivity index (χ3n) is 4.92. The molecule has 0 atom stereocenters. The number of fused-ring (bicyclic) bond motifs is 1. The molecule has 0 bridgehead atoms. The zero-order valence-corrected chi connectivity index (χ0v) is 17.0. The van der Waals surface area contributed by atoms with Crippen molar-refractivity contribution in [3.63, 3.8) is 0 Å². The summed E-state index contributed by atoms with van der Waals surface area (Å²) in [6.45, 7) is 0.228. The lowest BCUT2D eigenvalue weighted by Crippen LogP contribution is -2.17. The number of nitrogens with one attached hydrogen (secondary N) is 1. The number of aromatic hydroxyl groups is 1. The van der Waals surface area contributed by atoms with Crippen molar-refractivity contribution < 1.29 is 14.6 Å². The average Bonchev–Trinajstić information content (AvgIpc) is 2.83. The normalized spacial score (nSPS) is 10.7. The summed E-state index contributed by atoms with van der Waals surface area (Å²) in [5.41, 5.74) is 4.58. The number of amides is 1. The van der Waals surface area contributed by atoms with E-state index in [0.717, 1.165) is 16.3 Å². The van der Waals surface area contributed by atoms with E-state index in [1.54, 1.807) is 36.4 Å². The van der Waals surface area contributed by atoms with Crippen molar-refractivity contribution >= 4 is 22.9 Å². The van der Waals surface area contributed by atoms with Gasteiger partial charge >= 0.3 is 0 Å². The van der Waals surface area contributed by atoms with Crippen molar-refractivity contribution in [1.29, 1.82) is 5.26 Å². The summed E-state index contributed by atoms with van der Waals surface area (Å²) in [4.78, 5) is 12.5. The molecule has 0 spiro atoms. The first-order valence-electron chi connectivity index (χ1n) is 9.90. The van der Waals surface area contributed by atoms with Crippen molar-refractivity contribution in [2.75, 3.05) is 0 Å². The Hall–Kier alpha value is -4.63. The maximum absolute atomic E-state index is 12.5. The summed E-state index contributed by atoms with van der Waals surface area (Å²) in [7, 11) is 0. The van der Waals surface area contributed by atoms with E-state index >= 15 is 0 Å². The molecule has 6 heteroatoms. The molecular weight excluding hydrogens is 402 g/mol. The molecule has 0 fully saturated rings. The van der Waals surface area contributed by atoms with E-state index in [1.165, 1.54) is 6.21 Å². The summed E-state index contributed by atoms with van der Waals surface area (Å²) in [5, 5.41) is 25.1. The molecule has 0 saturated heterocycles. The lowest BCUT2D eigenvalue weighted by molar-refractivity contribution is 0.0952. The number of hydrogen-bond donors (Lipinski definition) is 2. The molecule has 0 radical (unpaired) electrons. The number of carbonyl (C=O) groups is 1. The Labute approximate surface area is 185 Å². The zero-order chi connectivity index (χ0) is 22.3. The van der Waals surface area contributed by atoms with Crippen LogP contribution in [0.4, 0.5) is 0 Å². The highest BCUT2D eigenvalue weighted by Crippen LogP contribution is 2.25. The van der Waals surface area contributed by atoms with Crippen LogP contribution in [0.25, 0.3) is 10.8 Å². The van der Waals surface area contributed by atoms with E-state index in [2.05, 4.69) is 16.6 Å². The molecule has 2 N–H and O–H groups in total. The van der Waals surface area contributed by atoms with Crippen LogP contribution in [0.3, 0.4) is 0 Å². The van der Waals surface area contributed by atoms with Crippen LogP contribution in [0.2, 0.25) is 0 Å². The SMILES string of the molecule is N#Cc1ccccc1COc1ccccc1C=NNC(=O)c1cc2ccccc2cc1O. The van der Waals surface area contributed by atoms with Crippen LogP contribution in [0.1, 0.15) is 27.0 Å². The third-order valence-corrected chi connectivity index (χ3v) is 4.92. The number of phenols is 1. The summed E-state index contributed by atoms with van der Waals surface area (Å²) >= 11 is 0. The Bertz CT molecular complexity index is 1360. The molecule has 32 heavy (non-hydrogen) atoms. The number of nitrogens with zero attached hydrogens (tertiary/aromatic N) is 2. The molecular formula is C26H19N3O3. The Morgan fingerprint density at radius 2 is 1.69 bits per heavy atom. The van der Waals surface area contributed by atoms with Crippen molar-refractivity contribution in [1.82, 2.24) is 5.43 Å². The summed E-state index contributed by atoms with van der Waals surface area (Å²) in [6, 6.07) is 27.3. The van der Waals surface area contributed by atoms with Gasteiger partial charge in [-0.15, -0.1) is 0 Å². The van der Waals surface area contributed by atoms with Gasteiger partial charge in [0.2, 0.25) is 0 Å². The van der Waals surface area contributed by atoms with Crippen LogP contribution in [-0.2, 0) is 6.61 Å². The molecule has 4 aromatic carbocycles. The van der Waals surface area contributed by atoms with E-state index in [0.29, 0.717) is 16.9 Å². The summed E-state index contributed by atoms with van der Waals surface area (Å²) in [6.07, 6.45) is 1.47. The number of hydrazone groups is 1. The van der Waals surface area contributed by atoms with Crippen molar-refractivity contribution in [2.24, 2.45) is 5.10 Å². The van der Waals surface area contributed by atoms with Gasteiger partial charge in [0, 0.05) is 11.1 Å². The van der Waals surface area contributed by atoms with Gasteiger partial charge in [0.1, 0.15) is 18.1 Å². The molecule has 4 aromatic rings. The second kappa shape index (κ2) is 9.45. The molecule has 0 heterocycles. The largest absolute Gasteiger partial charge is 0.507 e. The molecule has 6 nitrogen and oxygen atoms in total. The van der Waals surface area contributed by atoms with Gasteiger partial charge < -0.3 is 9.84 Å². The standard InChI is InChI=1S/C26H19N3O3/c27-15-20-9-3-4-11-22(20)17-32-25-12-6-5-10-21(25)16-28-29-26(31)23-13-18-7-1-2-8-19(18)14-24(23)30/h1-14,16,30H,17H2,(H,29,31). The highest BCUT2D eigenvalue weighted by atomic mass is 16.5. The van der Waals surface area contributed by atoms with Gasteiger partial charge in [0.25, 0.3) is 5.91 Å². The van der Waals surface area contributed by atoms with E-state index in [9.17, 15) is 15.2 Å². The maximum Gasteiger partial charge on any atom is 0.275 e. The molecule has 0 unspecified atom stereocenters. The lowest BCUT2D eigenvalue weighted by Gasteiger charge is -2.10. The first kappa shape index (κ1) is 20.6. The van der Waals surface area contributed by atoms with Crippen LogP contribution in [0.15, 0.2) is 90.0 Å². The van der Waals surface area contributed by atoms with Gasteiger partial charge in [-0.3, -0.25) is 4.79 Å². The predicted molar refractivity (Wildman–Crippen MR) is 123 cm³/mol. The van der Waals surface area contributed by atoms with Gasteiger partial charge in [-0.25, -0.2) is 5.43 Å². The number of carbonyl (C=O) groups excluding carboxylic acids is 1. The quantitative estimate of drug-likeness (QED) is 0.347. The van der Waals surface area contributed by atoms with Crippen molar-refractivity contribution in [3.05, 3.63) is 107 Å². The van der Waals surface area contributed by atoms with Crippen LogP contribution in [0, 0.1) is 11.3 Å². The minimum Gasteiger partial charge on any atom is -0.507 e. The fraction of sp³-hybridized carbons (Fsp3) is 0.0385. The highest BCUT2D eigenvalue weighted by Gasteiger charge is 2.12. The van der Waals surface area contributed by atoms with Crippen molar-refractivity contribution in [2.45, 2.75) is 6.61 Å². The van der Waals surface area contributed by atoms with E-state index in [1.807, 2.05) is 48.5 Å². The Morgan fingerprint density at radius 1 is 1.00 bits per heavy atom. The first-order chi connectivity index (χ1) is 15.7. The topological polar surface area (TPSA) is 94.7 Å². The minimum atomic E-state index is -0.522. The number of rotatable bonds is 6. The monoisotopic (exact) mass is 421 g/mol. The van der Waals surface area contributed by atoms with Crippen LogP contribution >= 0.6 is 0 Å². The second-order valence-electron chi connectivity index (χ2n) is 7.01. The van der Waals surface area contributed by atoms with Crippen LogP contribution < -0.4 is 10.2 Å². The van der Waals surface area contributed by atoms with E-state index < -0.39 is 5.91 Å². The molecule has 0 aromatic heterocycles. The molecule has 1 amide bonds. The van der Waals surface area contributed by atoms with Crippen LogP contribution in [0.5, 0.6) is 11.5 Å². The summed E-state index contributed by atoms with van der Waals surface area (Å²) in [5.74, 6) is -0.0751. The number of hydrogen-bond acceptors (Lipinski definition) is 5. The minimum absolute atomic E-state index is 0.115. The number of benzene rings is 4. The van der Waals surface area contributed by atoms with Gasteiger partial charge in [0.15, 0.2) is 0 Å². The predicted octanol–water partition coefficient (Wildman–Crippen LogP) is 4.76. The summed E-state index contributed by atoms with van der Waals surface area (Å²) < 4.78 is 5.88. The highest BCUT2D eigenvalue weighted by molar-refractivity contribution is 6.01. The molecule has 0 aliphatic heterocycles. The fourth-order valence-electron chi connectivity index (χ4n) is 3.26. The zero-order valence-electron chi connectivity index (χ0n) is 17.0. The number of nitriles is 1. The molecule has 156 valence electrons. The number of phenolic OH excluding ortho intramolecular Hbond substituents is 1. The van der Waals surface area contributed by atoms with Gasteiger partial charge in [-0.2, -0.15) is 10.4 Å². The van der Waals surface area contributed by atoms with E-state index in [4.69, 9.17) is 4.74 Å². The Kier molecular flexibility index (Phi) is 6.10. The first-order valence-corrected chi connectivity index (χ1v) is 9.90.